The van der Waals surface area contributed by atoms with Crippen LogP contribution in [0, 0.1) is 0 Å². The second-order valence-electron chi connectivity index (χ2n) is 5.95. The Morgan fingerprint density at radius 2 is 2.20 bits per heavy atom. The molecule has 0 fully saturated rings. The van der Waals surface area contributed by atoms with Crippen LogP contribution in [-0.2, 0) is 6.54 Å². The molecule has 3 heterocycles. The van der Waals surface area contributed by atoms with Crippen molar-refractivity contribution in [1.29, 1.82) is 0 Å². The largest absolute Gasteiger partial charge is 0.467 e. The first-order chi connectivity index (χ1) is 12.1. The third-order valence-electron chi connectivity index (χ3n) is 4.30. The van der Waals surface area contributed by atoms with Crippen LogP contribution in [0.15, 0.2) is 39.4 Å². The first kappa shape index (κ1) is 17.0. The highest BCUT2D eigenvalue weighted by Gasteiger charge is 2.27. The molecule has 0 radical (unpaired) electrons. The summed E-state index contributed by atoms with van der Waals surface area (Å²) >= 11 is 11.5. The predicted octanol–water partition coefficient (Wildman–Crippen LogP) is 5.07. The molecular weight excluding hydrogens is 424 g/mol. The first-order valence-electron chi connectivity index (χ1n) is 7.95. The molecule has 8 heteroatoms. The number of nitrogens with zero attached hydrogens (tertiary/aromatic N) is 2. The van der Waals surface area contributed by atoms with Crippen molar-refractivity contribution in [2.45, 2.75) is 31.3 Å². The maximum Gasteiger partial charge on any atom is 0.225 e. The minimum absolute atomic E-state index is 0.109. The molecule has 0 bridgehead atoms. The van der Waals surface area contributed by atoms with Crippen LogP contribution in [-0.4, -0.2) is 16.0 Å². The van der Waals surface area contributed by atoms with Crippen molar-refractivity contribution in [1.82, 2.24) is 9.97 Å². The third kappa shape index (κ3) is 3.33. The second kappa shape index (κ2) is 7.07. The van der Waals surface area contributed by atoms with Crippen LogP contribution in [0.2, 0.25) is 5.28 Å². The molecule has 0 unspecified atom stereocenters. The zero-order valence-corrected chi connectivity index (χ0v) is 16.4. The Balaban J connectivity index is 1.73. The molecule has 3 aromatic heterocycles. The Morgan fingerprint density at radius 3 is 2.96 bits per heavy atom. The molecule has 25 heavy (non-hydrogen) atoms. The van der Waals surface area contributed by atoms with Gasteiger partial charge >= 0.3 is 0 Å². The number of hydrogen-bond acceptors (Lipinski definition) is 6. The quantitative estimate of drug-likeness (QED) is 0.438. The summed E-state index contributed by atoms with van der Waals surface area (Å²) in [5, 5.41) is 3.52. The van der Waals surface area contributed by atoms with E-state index in [1.54, 1.807) is 17.6 Å². The summed E-state index contributed by atoms with van der Waals surface area (Å²) in [5.41, 5.74) is 7.16. The number of nitrogens with one attached hydrogen (secondary N) is 1. The Morgan fingerprint density at radius 1 is 1.36 bits per heavy atom. The van der Waals surface area contributed by atoms with E-state index in [2.05, 4.69) is 43.4 Å². The fraction of sp³-hybridized carbons (Fsp3) is 0.294. The summed E-state index contributed by atoms with van der Waals surface area (Å²) in [4.78, 5) is 9.98. The van der Waals surface area contributed by atoms with E-state index < -0.39 is 0 Å². The molecule has 0 amide bonds. The lowest BCUT2D eigenvalue weighted by atomic mass is 9.88. The van der Waals surface area contributed by atoms with Crippen LogP contribution in [0.1, 0.15) is 29.4 Å². The molecular formula is C17H16BrClN4OS. The molecule has 2 atom stereocenters. The molecule has 0 spiro atoms. The summed E-state index contributed by atoms with van der Waals surface area (Å²) < 4.78 is 7.30. The molecule has 4 rings (SSSR count). The lowest BCUT2D eigenvalue weighted by molar-refractivity contribution is 0.518. The van der Waals surface area contributed by atoms with Crippen molar-refractivity contribution in [2.24, 2.45) is 5.73 Å². The molecule has 0 aliphatic heterocycles. The van der Waals surface area contributed by atoms with Gasteiger partial charge in [-0.05, 0) is 52.5 Å². The van der Waals surface area contributed by atoms with E-state index in [0.717, 1.165) is 33.3 Å². The van der Waals surface area contributed by atoms with E-state index in [9.17, 15) is 0 Å². The van der Waals surface area contributed by atoms with Gasteiger partial charge in [-0.1, -0.05) is 12.2 Å². The number of allylic oxidation sites excluding steroid dienone is 1. The molecule has 1 aliphatic rings. The summed E-state index contributed by atoms with van der Waals surface area (Å²) in [5.74, 6) is 1.82. The molecule has 3 aromatic rings. The van der Waals surface area contributed by atoms with Gasteiger partial charge in [0.05, 0.1) is 22.0 Å². The number of fused-ring (bicyclic) bond motifs is 1. The molecule has 5 nitrogen and oxygen atoms in total. The predicted molar refractivity (Wildman–Crippen MR) is 105 cm³/mol. The molecule has 0 aromatic carbocycles. The Bertz CT molecular complexity index is 925. The maximum absolute atomic E-state index is 6.34. The zero-order valence-electron chi connectivity index (χ0n) is 13.2. The van der Waals surface area contributed by atoms with Crippen molar-refractivity contribution in [3.05, 3.63) is 50.9 Å². The molecule has 3 N–H and O–H groups in total. The highest BCUT2D eigenvalue weighted by Crippen LogP contribution is 2.45. The van der Waals surface area contributed by atoms with Gasteiger partial charge in [0.15, 0.2) is 0 Å². The van der Waals surface area contributed by atoms with Gasteiger partial charge < -0.3 is 15.5 Å². The summed E-state index contributed by atoms with van der Waals surface area (Å²) in [6, 6.07) is 3.88. The average molecular weight is 440 g/mol. The Kier molecular flexibility index (Phi) is 4.82. The Hall–Kier alpha value is -1.41. The molecule has 0 saturated carbocycles. The lowest BCUT2D eigenvalue weighted by Crippen LogP contribution is -2.29. The van der Waals surface area contributed by atoms with Crippen molar-refractivity contribution < 1.29 is 4.42 Å². The normalized spacial score (nSPS) is 20.3. The minimum Gasteiger partial charge on any atom is -0.467 e. The van der Waals surface area contributed by atoms with E-state index in [1.807, 2.05) is 12.1 Å². The lowest BCUT2D eigenvalue weighted by Gasteiger charge is -2.24. The van der Waals surface area contributed by atoms with E-state index in [0.29, 0.717) is 12.4 Å². The van der Waals surface area contributed by atoms with Gasteiger partial charge in [0, 0.05) is 16.8 Å². The van der Waals surface area contributed by atoms with Crippen LogP contribution >= 0.6 is 38.9 Å². The minimum atomic E-state index is 0.109. The number of thiophene rings is 1. The standard InChI is InChI=1S/C17H16BrClN4OS/c18-12-13-15(25-14(12)10-5-1-2-6-11(10)20)16(23-17(19)22-13)21-8-9-4-3-7-24-9/h1-4,7,10-11H,5-6,8,20H2,(H,21,22,23)/t10-,11-/m0/s1. The van der Waals surface area contributed by atoms with E-state index in [4.69, 9.17) is 21.8 Å². The van der Waals surface area contributed by atoms with Crippen LogP contribution < -0.4 is 11.1 Å². The van der Waals surface area contributed by atoms with Crippen LogP contribution in [0.3, 0.4) is 0 Å². The SMILES string of the molecule is N[C@H]1CC=CC[C@@H]1c1sc2c(NCc3ccco3)nc(Cl)nc2c1Br. The number of halogens is 2. The summed E-state index contributed by atoms with van der Waals surface area (Å²) in [7, 11) is 0. The number of furan rings is 1. The number of nitrogens with two attached hydrogens (primary N) is 1. The monoisotopic (exact) mass is 438 g/mol. The van der Waals surface area contributed by atoms with Crippen LogP contribution in [0.4, 0.5) is 5.82 Å². The molecule has 1 aliphatic carbocycles. The van der Waals surface area contributed by atoms with Crippen molar-refractivity contribution >= 4 is 54.9 Å². The van der Waals surface area contributed by atoms with Gasteiger partial charge in [0.1, 0.15) is 17.1 Å². The Labute approximate surface area is 162 Å². The van der Waals surface area contributed by atoms with Gasteiger partial charge in [-0.25, -0.2) is 4.98 Å². The summed E-state index contributed by atoms with van der Waals surface area (Å²) in [6.45, 7) is 0.534. The number of anilines is 1. The van der Waals surface area contributed by atoms with Crippen molar-refractivity contribution in [3.63, 3.8) is 0 Å². The number of aromatic nitrogens is 2. The van der Waals surface area contributed by atoms with Gasteiger partial charge in [-0.2, -0.15) is 4.98 Å². The van der Waals surface area contributed by atoms with Gasteiger partial charge in [-0.3, -0.25) is 0 Å². The highest BCUT2D eigenvalue weighted by molar-refractivity contribution is 9.10. The van der Waals surface area contributed by atoms with E-state index in [-0.39, 0.29) is 17.2 Å². The van der Waals surface area contributed by atoms with E-state index >= 15 is 0 Å². The van der Waals surface area contributed by atoms with Gasteiger partial charge in [-0.15, -0.1) is 11.3 Å². The van der Waals surface area contributed by atoms with Crippen LogP contribution in [0.25, 0.3) is 10.2 Å². The van der Waals surface area contributed by atoms with Crippen molar-refractivity contribution in [2.75, 3.05) is 5.32 Å². The topological polar surface area (TPSA) is 77.0 Å². The average Bonchev–Trinajstić information content (AvgIpc) is 3.22. The van der Waals surface area contributed by atoms with Crippen LogP contribution in [0.5, 0.6) is 0 Å². The third-order valence-corrected chi connectivity index (χ3v) is 6.86. The highest BCUT2D eigenvalue weighted by atomic mass is 79.9. The van der Waals surface area contributed by atoms with E-state index in [1.165, 1.54) is 4.88 Å². The maximum atomic E-state index is 6.34. The molecule has 130 valence electrons. The van der Waals surface area contributed by atoms with Gasteiger partial charge in [0.2, 0.25) is 5.28 Å². The number of rotatable bonds is 4. The van der Waals surface area contributed by atoms with Gasteiger partial charge in [0.25, 0.3) is 0 Å². The first-order valence-corrected chi connectivity index (χ1v) is 9.94. The fourth-order valence-electron chi connectivity index (χ4n) is 3.02. The smallest absolute Gasteiger partial charge is 0.225 e. The fourth-order valence-corrected chi connectivity index (χ4v) is 5.43. The number of hydrogen-bond donors (Lipinski definition) is 2. The second-order valence-corrected chi connectivity index (χ2v) is 8.13. The summed E-state index contributed by atoms with van der Waals surface area (Å²) in [6.07, 6.45) is 7.82. The zero-order chi connectivity index (χ0) is 17.4. The van der Waals surface area contributed by atoms with Crippen molar-refractivity contribution in [3.8, 4) is 0 Å². The molecule has 0 saturated heterocycles.